The van der Waals surface area contributed by atoms with E-state index in [1.807, 2.05) is 54.6 Å². The summed E-state index contributed by atoms with van der Waals surface area (Å²) in [4.78, 5) is 27.3. The van der Waals surface area contributed by atoms with E-state index in [0.29, 0.717) is 12.1 Å². The fourth-order valence-electron chi connectivity index (χ4n) is 5.23. The van der Waals surface area contributed by atoms with Crippen molar-refractivity contribution >= 4 is 17.7 Å². The highest BCUT2D eigenvalue weighted by molar-refractivity contribution is 5.94. The van der Waals surface area contributed by atoms with Crippen molar-refractivity contribution < 1.29 is 19.4 Å². The first-order valence-electron chi connectivity index (χ1n) is 14.5. The minimum Gasteiger partial charge on any atom is -0.508 e. The minimum absolute atomic E-state index is 0.0833. The Morgan fingerprint density at radius 1 is 0.810 bits per heavy atom. The van der Waals surface area contributed by atoms with Crippen LogP contribution in [0, 0.1) is 0 Å². The summed E-state index contributed by atoms with van der Waals surface area (Å²) in [5, 5.41) is 15.4. The Labute approximate surface area is 247 Å². The first-order valence-corrected chi connectivity index (χ1v) is 14.5. The van der Waals surface area contributed by atoms with Gasteiger partial charge in [-0.05, 0) is 66.6 Å². The molecule has 7 nitrogen and oxygen atoms in total. The number of carbonyl (C=O) groups is 2. The van der Waals surface area contributed by atoms with Crippen LogP contribution < -0.4 is 10.6 Å². The van der Waals surface area contributed by atoms with Gasteiger partial charge in [-0.25, -0.2) is 4.79 Å². The summed E-state index contributed by atoms with van der Waals surface area (Å²) in [6.07, 6.45) is 2.84. The SMILES string of the molecule is O=C(Nc1ccccc1-c1ccccc1)OC1CCN(CCc2ccc(CCNC(=O)c3cccc(O)c3)cc2)CC1. The molecule has 0 bridgehead atoms. The smallest absolute Gasteiger partial charge is 0.411 e. The molecule has 1 saturated heterocycles. The van der Waals surface area contributed by atoms with Crippen molar-refractivity contribution in [1.82, 2.24) is 10.2 Å². The van der Waals surface area contributed by atoms with E-state index in [2.05, 4.69) is 39.8 Å². The quantitative estimate of drug-likeness (QED) is 0.211. The maximum atomic E-state index is 12.7. The van der Waals surface area contributed by atoms with Gasteiger partial charge in [-0.15, -0.1) is 0 Å². The Morgan fingerprint density at radius 3 is 2.24 bits per heavy atom. The van der Waals surface area contributed by atoms with Crippen LogP contribution in [0.4, 0.5) is 10.5 Å². The van der Waals surface area contributed by atoms with Gasteiger partial charge in [-0.2, -0.15) is 0 Å². The number of ether oxygens (including phenoxy) is 1. The Morgan fingerprint density at radius 2 is 1.50 bits per heavy atom. The molecule has 2 amide bonds. The normalized spacial score (nSPS) is 13.8. The van der Waals surface area contributed by atoms with Crippen molar-refractivity contribution in [2.24, 2.45) is 0 Å². The van der Waals surface area contributed by atoms with Gasteiger partial charge >= 0.3 is 6.09 Å². The number of benzene rings is 4. The molecule has 7 heteroatoms. The molecule has 42 heavy (non-hydrogen) atoms. The highest BCUT2D eigenvalue weighted by Crippen LogP contribution is 2.28. The van der Waals surface area contributed by atoms with Crippen LogP contribution in [-0.4, -0.2) is 54.3 Å². The second kappa shape index (κ2) is 14.3. The zero-order valence-electron chi connectivity index (χ0n) is 23.7. The Hall–Kier alpha value is -4.62. The molecule has 0 spiro atoms. The van der Waals surface area contributed by atoms with Crippen molar-refractivity contribution in [2.45, 2.75) is 31.8 Å². The predicted molar refractivity (Wildman–Crippen MR) is 166 cm³/mol. The Bertz CT molecular complexity index is 1470. The monoisotopic (exact) mass is 563 g/mol. The lowest BCUT2D eigenvalue weighted by molar-refractivity contribution is 0.0593. The minimum atomic E-state index is -0.407. The van der Waals surface area contributed by atoms with Gasteiger partial charge < -0.3 is 20.1 Å². The maximum absolute atomic E-state index is 12.7. The zero-order valence-corrected chi connectivity index (χ0v) is 23.7. The third-order valence-electron chi connectivity index (χ3n) is 7.60. The van der Waals surface area contributed by atoms with E-state index >= 15 is 0 Å². The fourth-order valence-corrected chi connectivity index (χ4v) is 5.23. The van der Waals surface area contributed by atoms with Crippen LogP contribution in [0.3, 0.4) is 0 Å². The summed E-state index contributed by atoms with van der Waals surface area (Å²) in [6, 6.07) is 32.7. The highest BCUT2D eigenvalue weighted by Gasteiger charge is 2.22. The lowest BCUT2D eigenvalue weighted by Crippen LogP contribution is -2.39. The number of amides is 2. The van der Waals surface area contributed by atoms with Crippen molar-refractivity contribution in [3.63, 3.8) is 0 Å². The van der Waals surface area contributed by atoms with Crippen LogP contribution in [-0.2, 0) is 17.6 Å². The molecule has 0 saturated carbocycles. The molecule has 4 aromatic rings. The maximum Gasteiger partial charge on any atom is 0.411 e. The lowest BCUT2D eigenvalue weighted by Gasteiger charge is -2.31. The van der Waals surface area contributed by atoms with Gasteiger partial charge in [0.1, 0.15) is 11.9 Å². The average molecular weight is 564 g/mol. The number of para-hydroxylation sites is 1. The number of aromatic hydroxyl groups is 1. The molecule has 0 unspecified atom stereocenters. The molecule has 0 aromatic heterocycles. The number of carbonyl (C=O) groups excluding carboxylic acids is 2. The summed E-state index contributed by atoms with van der Waals surface area (Å²) in [7, 11) is 0. The van der Waals surface area contributed by atoms with E-state index in [4.69, 9.17) is 4.74 Å². The van der Waals surface area contributed by atoms with Crippen LogP contribution in [0.5, 0.6) is 5.75 Å². The number of phenolic OH excluding ortho intramolecular Hbond substituents is 1. The van der Waals surface area contributed by atoms with Crippen LogP contribution in [0.2, 0.25) is 0 Å². The van der Waals surface area contributed by atoms with Gasteiger partial charge in [-0.3, -0.25) is 10.1 Å². The summed E-state index contributed by atoms with van der Waals surface area (Å²) < 4.78 is 5.77. The largest absolute Gasteiger partial charge is 0.508 e. The lowest BCUT2D eigenvalue weighted by atomic mass is 10.0. The topological polar surface area (TPSA) is 90.9 Å². The number of hydrogen-bond donors (Lipinski definition) is 3. The van der Waals surface area contributed by atoms with E-state index in [1.165, 1.54) is 11.6 Å². The van der Waals surface area contributed by atoms with Gasteiger partial charge in [-0.1, -0.05) is 78.9 Å². The van der Waals surface area contributed by atoms with Gasteiger partial charge in [0.25, 0.3) is 5.91 Å². The highest BCUT2D eigenvalue weighted by atomic mass is 16.6. The average Bonchev–Trinajstić information content (AvgIpc) is 3.02. The Balaban J connectivity index is 1.00. The van der Waals surface area contributed by atoms with E-state index in [1.54, 1.807) is 18.2 Å². The first-order chi connectivity index (χ1) is 20.5. The summed E-state index contributed by atoms with van der Waals surface area (Å²) in [5.74, 6) is -0.106. The van der Waals surface area contributed by atoms with Gasteiger partial charge in [0.2, 0.25) is 0 Å². The molecule has 4 aromatic carbocycles. The molecule has 216 valence electrons. The van der Waals surface area contributed by atoms with E-state index in [-0.39, 0.29) is 17.8 Å². The molecule has 3 N–H and O–H groups in total. The third-order valence-corrected chi connectivity index (χ3v) is 7.60. The number of anilines is 1. The van der Waals surface area contributed by atoms with Crippen molar-refractivity contribution in [3.05, 3.63) is 120 Å². The van der Waals surface area contributed by atoms with Crippen molar-refractivity contribution in [1.29, 1.82) is 0 Å². The number of piperidine rings is 1. The fraction of sp³-hybridized carbons (Fsp3) is 0.257. The summed E-state index contributed by atoms with van der Waals surface area (Å²) >= 11 is 0. The molecule has 1 aliphatic heterocycles. The van der Waals surface area contributed by atoms with Crippen LogP contribution in [0.15, 0.2) is 103 Å². The van der Waals surface area contributed by atoms with Crippen molar-refractivity contribution in [3.8, 4) is 16.9 Å². The molecule has 0 radical (unpaired) electrons. The zero-order chi connectivity index (χ0) is 29.1. The number of likely N-dealkylation sites (tertiary alicyclic amines) is 1. The number of nitrogens with zero attached hydrogens (tertiary/aromatic N) is 1. The van der Waals surface area contributed by atoms with Gasteiger partial charge in [0, 0.05) is 37.3 Å². The molecule has 1 aliphatic rings. The molecule has 0 atom stereocenters. The molecule has 1 heterocycles. The Kier molecular flexibility index (Phi) is 9.86. The number of hydrogen-bond acceptors (Lipinski definition) is 5. The van der Waals surface area contributed by atoms with E-state index in [9.17, 15) is 14.7 Å². The van der Waals surface area contributed by atoms with Gasteiger partial charge in [0.15, 0.2) is 0 Å². The molecule has 5 rings (SSSR count). The second-order valence-electron chi connectivity index (χ2n) is 10.6. The molecular formula is C35H37N3O4. The number of rotatable bonds is 10. The standard InChI is InChI=1S/C35H37N3O4/c39-30-10-6-9-29(25-30)34(40)36-21-17-26-13-15-27(16-14-26)18-22-38-23-19-31(20-24-38)42-35(41)37-33-12-5-4-11-32(33)28-7-2-1-3-8-28/h1-16,25,31,39H,17-24H2,(H,36,40)(H,37,41). The summed E-state index contributed by atoms with van der Waals surface area (Å²) in [5.41, 5.74) is 5.65. The number of phenols is 1. The summed E-state index contributed by atoms with van der Waals surface area (Å²) in [6.45, 7) is 3.29. The van der Waals surface area contributed by atoms with Crippen LogP contribution in [0.1, 0.15) is 34.3 Å². The van der Waals surface area contributed by atoms with Crippen LogP contribution in [0.25, 0.3) is 11.1 Å². The third kappa shape index (κ3) is 8.21. The van der Waals surface area contributed by atoms with Crippen molar-refractivity contribution in [2.75, 3.05) is 31.5 Å². The molecular weight excluding hydrogens is 526 g/mol. The predicted octanol–water partition coefficient (Wildman–Crippen LogP) is 6.29. The van der Waals surface area contributed by atoms with Crippen LogP contribution >= 0.6 is 0 Å². The van der Waals surface area contributed by atoms with E-state index < -0.39 is 6.09 Å². The van der Waals surface area contributed by atoms with E-state index in [0.717, 1.165) is 67.7 Å². The van der Waals surface area contributed by atoms with Gasteiger partial charge in [0.05, 0.1) is 5.69 Å². The number of nitrogens with one attached hydrogen (secondary N) is 2. The molecule has 1 fully saturated rings. The molecule has 0 aliphatic carbocycles. The first kappa shape index (κ1) is 28.9. The second-order valence-corrected chi connectivity index (χ2v) is 10.6.